The first-order chi connectivity index (χ1) is 8.28. The van der Waals surface area contributed by atoms with Gasteiger partial charge in [-0.05, 0) is 45.0 Å². The monoisotopic (exact) mass is 251 g/mol. The van der Waals surface area contributed by atoms with Crippen molar-refractivity contribution in [3.63, 3.8) is 0 Å². The number of hydrogen-bond acceptors (Lipinski definition) is 5. The van der Waals surface area contributed by atoms with Crippen LogP contribution in [0, 0.1) is 0 Å². The number of ether oxygens (including phenoxy) is 1. The molecule has 0 saturated heterocycles. The Labute approximate surface area is 106 Å². The number of nitrogens with one attached hydrogen (secondary N) is 1. The number of esters is 1. The molecule has 0 bridgehead atoms. The first-order valence-electron chi connectivity index (χ1n) is 5.55. The topological polar surface area (TPSA) is 64.6 Å². The normalized spacial score (nSPS) is 10.7. The van der Waals surface area contributed by atoms with Gasteiger partial charge in [0.05, 0.1) is 11.3 Å². The lowest BCUT2D eigenvalue weighted by molar-refractivity contribution is -0.138. The zero-order valence-electron chi connectivity index (χ0n) is 10.9. The predicted octanol–water partition coefficient (Wildman–Crippen LogP) is 2.53. The minimum absolute atomic E-state index is 0.387. The van der Waals surface area contributed by atoms with Crippen molar-refractivity contribution in [2.24, 2.45) is 0 Å². The fraction of sp³-hybridized carbons (Fsp3) is 0.385. The van der Waals surface area contributed by atoms with Gasteiger partial charge in [-0.25, -0.2) is 10.3 Å². The molecule has 0 amide bonds. The van der Waals surface area contributed by atoms with Gasteiger partial charge < -0.3 is 9.57 Å². The molecular formula is C13H17NO4. The van der Waals surface area contributed by atoms with Gasteiger partial charge in [-0.3, -0.25) is 4.79 Å². The number of carbonyl (C=O) groups excluding carboxylic acids is 2. The van der Waals surface area contributed by atoms with E-state index in [4.69, 9.17) is 4.74 Å². The van der Waals surface area contributed by atoms with Crippen LogP contribution in [0.2, 0.25) is 0 Å². The Morgan fingerprint density at radius 3 is 2.11 bits per heavy atom. The molecule has 0 saturated carbocycles. The fourth-order valence-electron chi connectivity index (χ4n) is 1.14. The van der Waals surface area contributed by atoms with E-state index in [0.717, 1.165) is 0 Å². The second-order valence-corrected chi connectivity index (χ2v) is 4.77. The van der Waals surface area contributed by atoms with E-state index in [9.17, 15) is 9.59 Å². The molecule has 0 aliphatic rings. The predicted molar refractivity (Wildman–Crippen MR) is 67.0 cm³/mol. The van der Waals surface area contributed by atoms with Crippen molar-refractivity contribution in [1.82, 2.24) is 0 Å². The maximum Gasteiger partial charge on any atom is 0.338 e. The Balaban J connectivity index is 2.65. The molecule has 0 aliphatic heterocycles. The maximum atomic E-state index is 11.7. The smallest absolute Gasteiger partial charge is 0.338 e. The zero-order chi connectivity index (χ0) is 13.8. The minimum atomic E-state index is -0.522. The molecule has 1 aromatic rings. The third-order valence-electron chi connectivity index (χ3n) is 1.83. The van der Waals surface area contributed by atoms with Crippen LogP contribution in [0.4, 0.5) is 5.69 Å². The van der Waals surface area contributed by atoms with Gasteiger partial charge in [-0.1, -0.05) is 0 Å². The van der Waals surface area contributed by atoms with E-state index in [1.54, 1.807) is 24.3 Å². The molecule has 18 heavy (non-hydrogen) atoms. The molecule has 0 fully saturated rings. The van der Waals surface area contributed by atoms with E-state index in [0.29, 0.717) is 11.3 Å². The van der Waals surface area contributed by atoms with E-state index >= 15 is 0 Å². The molecular weight excluding hydrogens is 234 g/mol. The van der Waals surface area contributed by atoms with Gasteiger partial charge in [-0.15, -0.1) is 0 Å². The summed E-state index contributed by atoms with van der Waals surface area (Å²) in [5, 5.41) is 0. The average molecular weight is 251 g/mol. The molecule has 5 heteroatoms. The molecule has 5 nitrogen and oxygen atoms in total. The van der Waals surface area contributed by atoms with Crippen molar-refractivity contribution in [3.8, 4) is 0 Å². The lowest BCUT2D eigenvalue weighted by Crippen LogP contribution is -2.23. The van der Waals surface area contributed by atoms with Gasteiger partial charge in [0.25, 0.3) is 0 Å². The summed E-state index contributed by atoms with van der Waals surface area (Å²) in [6.07, 6.45) is 0. The summed E-state index contributed by atoms with van der Waals surface area (Å²) in [6.45, 7) is 6.71. The first-order valence-corrected chi connectivity index (χ1v) is 5.55. The van der Waals surface area contributed by atoms with Crippen LogP contribution in [0.15, 0.2) is 24.3 Å². The summed E-state index contributed by atoms with van der Waals surface area (Å²) in [4.78, 5) is 26.9. The van der Waals surface area contributed by atoms with Gasteiger partial charge in [0.15, 0.2) is 0 Å². The maximum absolute atomic E-state index is 11.7. The van der Waals surface area contributed by atoms with E-state index in [1.807, 2.05) is 20.8 Å². The second kappa shape index (κ2) is 5.53. The molecule has 0 unspecified atom stereocenters. The largest absolute Gasteiger partial charge is 0.456 e. The summed E-state index contributed by atoms with van der Waals surface area (Å²) in [6, 6.07) is 6.45. The van der Waals surface area contributed by atoms with Gasteiger partial charge in [0.2, 0.25) is 0 Å². The molecule has 0 spiro atoms. The van der Waals surface area contributed by atoms with Gasteiger partial charge in [0.1, 0.15) is 5.60 Å². The highest BCUT2D eigenvalue weighted by molar-refractivity contribution is 5.90. The molecule has 1 aromatic carbocycles. The number of hydrogen-bond donors (Lipinski definition) is 1. The standard InChI is InChI=1S/C13H17NO4/c1-9(15)18-14-11-7-5-10(6-8-11)12(16)17-13(2,3)4/h5-8,14H,1-4H3. The summed E-state index contributed by atoms with van der Waals surface area (Å²) >= 11 is 0. The van der Waals surface area contributed by atoms with Crippen LogP contribution in [-0.4, -0.2) is 17.5 Å². The van der Waals surface area contributed by atoms with Crippen molar-refractivity contribution in [2.45, 2.75) is 33.3 Å². The van der Waals surface area contributed by atoms with Gasteiger partial charge in [0, 0.05) is 6.92 Å². The Kier molecular flexibility index (Phi) is 4.31. The second-order valence-electron chi connectivity index (χ2n) is 4.77. The Morgan fingerprint density at radius 1 is 1.11 bits per heavy atom. The van der Waals surface area contributed by atoms with E-state index in [2.05, 4.69) is 10.3 Å². The molecule has 98 valence electrons. The zero-order valence-corrected chi connectivity index (χ0v) is 10.9. The molecule has 0 aliphatic carbocycles. The summed E-state index contributed by atoms with van der Waals surface area (Å²) < 4.78 is 5.22. The van der Waals surface area contributed by atoms with Crippen molar-refractivity contribution in [3.05, 3.63) is 29.8 Å². The first kappa shape index (κ1) is 14.0. The summed E-state index contributed by atoms with van der Waals surface area (Å²) in [5.41, 5.74) is 2.96. The van der Waals surface area contributed by atoms with Crippen LogP contribution < -0.4 is 5.48 Å². The highest BCUT2D eigenvalue weighted by Crippen LogP contribution is 2.14. The van der Waals surface area contributed by atoms with Crippen LogP contribution in [0.3, 0.4) is 0 Å². The quantitative estimate of drug-likeness (QED) is 0.660. The van der Waals surface area contributed by atoms with Crippen molar-refractivity contribution >= 4 is 17.6 Å². The lowest BCUT2D eigenvalue weighted by atomic mass is 10.1. The minimum Gasteiger partial charge on any atom is -0.456 e. The molecule has 0 atom stereocenters. The molecule has 0 heterocycles. The SMILES string of the molecule is CC(=O)ONc1ccc(C(=O)OC(C)(C)C)cc1. The van der Waals surface area contributed by atoms with Crippen LogP contribution in [0.1, 0.15) is 38.1 Å². The van der Waals surface area contributed by atoms with Crippen molar-refractivity contribution in [1.29, 1.82) is 0 Å². The lowest BCUT2D eigenvalue weighted by Gasteiger charge is -2.19. The molecule has 1 N–H and O–H groups in total. The van der Waals surface area contributed by atoms with E-state index in [-0.39, 0.29) is 5.97 Å². The molecule has 0 radical (unpaired) electrons. The Morgan fingerprint density at radius 2 is 1.67 bits per heavy atom. The Hall–Kier alpha value is -2.04. The van der Waals surface area contributed by atoms with Gasteiger partial charge >= 0.3 is 11.9 Å². The van der Waals surface area contributed by atoms with Crippen LogP contribution in [0.25, 0.3) is 0 Å². The molecule has 0 aromatic heterocycles. The highest BCUT2D eigenvalue weighted by atomic mass is 16.7. The number of benzene rings is 1. The summed E-state index contributed by atoms with van der Waals surface area (Å²) in [7, 11) is 0. The average Bonchev–Trinajstić information content (AvgIpc) is 2.24. The highest BCUT2D eigenvalue weighted by Gasteiger charge is 2.17. The van der Waals surface area contributed by atoms with Crippen LogP contribution in [-0.2, 0) is 14.4 Å². The summed E-state index contributed by atoms with van der Waals surface area (Å²) in [5.74, 6) is -0.826. The Bertz CT molecular complexity index is 431. The van der Waals surface area contributed by atoms with Crippen LogP contribution in [0.5, 0.6) is 0 Å². The van der Waals surface area contributed by atoms with E-state index < -0.39 is 11.6 Å². The van der Waals surface area contributed by atoms with Crippen molar-refractivity contribution in [2.75, 3.05) is 5.48 Å². The number of anilines is 1. The third kappa shape index (κ3) is 4.86. The third-order valence-corrected chi connectivity index (χ3v) is 1.83. The van der Waals surface area contributed by atoms with Gasteiger partial charge in [-0.2, -0.15) is 0 Å². The van der Waals surface area contributed by atoms with Crippen molar-refractivity contribution < 1.29 is 19.2 Å². The fourth-order valence-corrected chi connectivity index (χ4v) is 1.14. The van der Waals surface area contributed by atoms with Crippen LogP contribution >= 0.6 is 0 Å². The molecule has 1 rings (SSSR count). The number of rotatable bonds is 3. The van der Waals surface area contributed by atoms with E-state index in [1.165, 1.54) is 6.92 Å². The number of carbonyl (C=O) groups is 2.